The SMILES string of the molecule is C=CCNc1cnnc(NCCCOC)n1. The highest BCUT2D eigenvalue weighted by Crippen LogP contribution is 2.02. The van der Waals surface area contributed by atoms with Gasteiger partial charge in [0.05, 0.1) is 6.20 Å². The first-order valence-electron chi connectivity index (χ1n) is 5.14. The van der Waals surface area contributed by atoms with Crippen molar-refractivity contribution in [3.63, 3.8) is 0 Å². The van der Waals surface area contributed by atoms with Crippen molar-refractivity contribution in [3.05, 3.63) is 18.9 Å². The summed E-state index contributed by atoms with van der Waals surface area (Å²) >= 11 is 0. The first-order chi connectivity index (χ1) is 7.86. The fourth-order valence-corrected chi connectivity index (χ4v) is 1.06. The van der Waals surface area contributed by atoms with Gasteiger partial charge in [-0.25, -0.2) is 0 Å². The van der Waals surface area contributed by atoms with Crippen LogP contribution < -0.4 is 10.6 Å². The van der Waals surface area contributed by atoms with Gasteiger partial charge in [0, 0.05) is 26.8 Å². The van der Waals surface area contributed by atoms with Crippen molar-refractivity contribution in [2.24, 2.45) is 0 Å². The molecular formula is C10H17N5O. The molecule has 6 nitrogen and oxygen atoms in total. The minimum Gasteiger partial charge on any atom is -0.385 e. The maximum Gasteiger partial charge on any atom is 0.244 e. The third-order valence-corrected chi connectivity index (χ3v) is 1.79. The number of aromatic nitrogens is 3. The lowest BCUT2D eigenvalue weighted by Gasteiger charge is -2.05. The molecule has 1 aromatic rings. The van der Waals surface area contributed by atoms with Gasteiger partial charge >= 0.3 is 0 Å². The topological polar surface area (TPSA) is 72.0 Å². The number of hydrogen-bond donors (Lipinski definition) is 2. The summed E-state index contributed by atoms with van der Waals surface area (Å²) in [5.41, 5.74) is 0. The van der Waals surface area contributed by atoms with Crippen LogP contribution in [0.5, 0.6) is 0 Å². The predicted octanol–water partition coefficient (Wildman–Crippen LogP) is 0.918. The van der Waals surface area contributed by atoms with Gasteiger partial charge in [-0.3, -0.25) is 0 Å². The van der Waals surface area contributed by atoms with Crippen LogP contribution >= 0.6 is 0 Å². The average Bonchev–Trinajstić information content (AvgIpc) is 2.33. The molecule has 1 aromatic heterocycles. The van der Waals surface area contributed by atoms with Crippen LogP contribution in [0.25, 0.3) is 0 Å². The molecule has 1 rings (SSSR count). The van der Waals surface area contributed by atoms with Crippen LogP contribution in [0.3, 0.4) is 0 Å². The molecule has 0 fully saturated rings. The summed E-state index contributed by atoms with van der Waals surface area (Å²) in [5, 5.41) is 13.8. The van der Waals surface area contributed by atoms with Crippen LogP contribution in [-0.4, -0.2) is 42.0 Å². The lowest BCUT2D eigenvalue weighted by Crippen LogP contribution is -2.10. The highest BCUT2D eigenvalue weighted by atomic mass is 16.5. The molecule has 0 aromatic carbocycles. The molecule has 6 heteroatoms. The molecule has 0 saturated carbocycles. The zero-order chi connectivity index (χ0) is 11.6. The van der Waals surface area contributed by atoms with E-state index in [-0.39, 0.29) is 0 Å². The summed E-state index contributed by atoms with van der Waals surface area (Å²) in [4.78, 5) is 4.22. The number of hydrogen-bond acceptors (Lipinski definition) is 6. The van der Waals surface area contributed by atoms with E-state index in [1.807, 2.05) is 0 Å². The summed E-state index contributed by atoms with van der Waals surface area (Å²) in [6.07, 6.45) is 4.24. The van der Waals surface area contributed by atoms with Crippen molar-refractivity contribution in [3.8, 4) is 0 Å². The lowest BCUT2D eigenvalue weighted by atomic mass is 10.4. The van der Waals surface area contributed by atoms with E-state index in [4.69, 9.17) is 4.74 Å². The second-order valence-electron chi connectivity index (χ2n) is 3.11. The van der Waals surface area contributed by atoms with Crippen LogP contribution in [0.1, 0.15) is 6.42 Å². The van der Waals surface area contributed by atoms with E-state index in [0.717, 1.165) is 19.6 Å². The lowest BCUT2D eigenvalue weighted by molar-refractivity contribution is 0.197. The van der Waals surface area contributed by atoms with Crippen molar-refractivity contribution < 1.29 is 4.74 Å². The quantitative estimate of drug-likeness (QED) is 0.504. The van der Waals surface area contributed by atoms with E-state index in [1.165, 1.54) is 0 Å². The molecule has 0 saturated heterocycles. The van der Waals surface area contributed by atoms with E-state index < -0.39 is 0 Å². The number of nitrogens with one attached hydrogen (secondary N) is 2. The van der Waals surface area contributed by atoms with Crippen LogP contribution in [0.2, 0.25) is 0 Å². The van der Waals surface area contributed by atoms with E-state index >= 15 is 0 Å². The zero-order valence-electron chi connectivity index (χ0n) is 9.44. The van der Waals surface area contributed by atoms with Gasteiger partial charge in [-0.2, -0.15) is 10.1 Å². The predicted molar refractivity (Wildman–Crippen MR) is 63.5 cm³/mol. The second-order valence-corrected chi connectivity index (χ2v) is 3.11. The molecule has 0 unspecified atom stereocenters. The fraction of sp³-hybridized carbons (Fsp3) is 0.500. The third kappa shape index (κ3) is 4.70. The molecule has 0 atom stereocenters. The van der Waals surface area contributed by atoms with Crippen molar-refractivity contribution in [1.82, 2.24) is 15.2 Å². The van der Waals surface area contributed by atoms with E-state index in [1.54, 1.807) is 19.4 Å². The fourth-order valence-electron chi connectivity index (χ4n) is 1.06. The number of nitrogens with zero attached hydrogens (tertiary/aromatic N) is 3. The summed E-state index contributed by atoms with van der Waals surface area (Å²) < 4.78 is 4.94. The minimum atomic E-state index is 0.519. The van der Waals surface area contributed by atoms with Crippen LogP contribution in [0.4, 0.5) is 11.8 Å². The first kappa shape index (κ1) is 12.4. The van der Waals surface area contributed by atoms with Gasteiger partial charge in [-0.15, -0.1) is 11.7 Å². The van der Waals surface area contributed by atoms with Crippen LogP contribution in [0.15, 0.2) is 18.9 Å². The molecule has 2 N–H and O–H groups in total. The van der Waals surface area contributed by atoms with Gasteiger partial charge in [0.2, 0.25) is 5.95 Å². The zero-order valence-corrected chi connectivity index (χ0v) is 9.44. The van der Waals surface area contributed by atoms with Crippen molar-refractivity contribution in [2.75, 3.05) is 37.4 Å². The molecule has 0 spiro atoms. The minimum absolute atomic E-state index is 0.519. The second kappa shape index (κ2) is 7.58. The van der Waals surface area contributed by atoms with Crippen LogP contribution in [0, 0.1) is 0 Å². The molecule has 0 aliphatic rings. The maximum atomic E-state index is 4.94. The molecule has 0 bridgehead atoms. The smallest absolute Gasteiger partial charge is 0.244 e. The van der Waals surface area contributed by atoms with E-state index in [0.29, 0.717) is 18.3 Å². The molecule has 88 valence electrons. The van der Waals surface area contributed by atoms with E-state index in [2.05, 4.69) is 32.4 Å². The van der Waals surface area contributed by atoms with Gasteiger partial charge in [0.25, 0.3) is 0 Å². The molecule has 0 aliphatic heterocycles. The Bertz CT molecular complexity index is 318. The van der Waals surface area contributed by atoms with Crippen molar-refractivity contribution in [1.29, 1.82) is 0 Å². The van der Waals surface area contributed by atoms with Crippen LogP contribution in [-0.2, 0) is 4.74 Å². The number of ether oxygens (including phenoxy) is 1. The summed E-state index contributed by atoms with van der Waals surface area (Å²) in [7, 11) is 1.68. The number of rotatable bonds is 8. The van der Waals surface area contributed by atoms with E-state index in [9.17, 15) is 0 Å². The molecule has 0 aliphatic carbocycles. The Morgan fingerprint density at radius 2 is 2.38 bits per heavy atom. The maximum absolute atomic E-state index is 4.94. The number of anilines is 2. The van der Waals surface area contributed by atoms with Gasteiger partial charge in [0.1, 0.15) is 0 Å². The Morgan fingerprint density at radius 3 is 3.12 bits per heavy atom. The summed E-state index contributed by atoms with van der Waals surface area (Å²) in [6, 6.07) is 0. The Hall–Kier alpha value is -1.69. The Labute approximate surface area is 95.1 Å². The number of methoxy groups -OCH3 is 1. The molecule has 16 heavy (non-hydrogen) atoms. The van der Waals surface area contributed by atoms with Gasteiger partial charge < -0.3 is 15.4 Å². The van der Waals surface area contributed by atoms with Crippen molar-refractivity contribution in [2.45, 2.75) is 6.42 Å². The van der Waals surface area contributed by atoms with Gasteiger partial charge in [0.15, 0.2) is 5.82 Å². The summed E-state index contributed by atoms with van der Waals surface area (Å²) in [5.74, 6) is 1.20. The largest absolute Gasteiger partial charge is 0.385 e. The molecule has 0 amide bonds. The van der Waals surface area contributed by atoms with Gasteiger partial charge in [-0.05, 0) is 6.42 Å². The molecule has 0 radical (unpaired) electrons. The summed E-state index contributed by atoms with van der Waals surface area (Å²) in [6.45, 7) is 5.75. The highest BCUT2D eigenvalue weighted by molar-refractivity contribution is 5.37. The monoisotopic (exact) mass is 223 g/mol. The Kier molecular flexibility index (Phi) is 5.87. The Balaban J connectivity index is 2.37. The third-order valence-electron chi connectivity index (χ3n) is 1.79. The molecular weight excluding hydrogens is 206 g/mol. The Morgan fingerprint density at radius 1 is 1.50 bits per heavy atom. The van der Waals surface area contributed by atoms with Crippen molar-refractivity contribution >= 4 is 11.8 Å². The highest BCUT2D eigenvalue weighted by Gasteiger charge is 1.98. The van der Waals surface area contributed by atoms with Gasteiger partial charge in [-0.1, -0.05) is 6.08 Å². The normalized spacial score (nSPS) is 9.81. The molecule has 1 heterocycles. The first-order valence-corrected chi connectivity index (χ1v) is 5.14. The standard InChI is InChI=1S/C10H17N5O/c1-3-5-11-9-8-13-15-10(14-9)12-6-4-7-16-2/h3,8H,1,4-7H2,2H3,(H2,11,12,14,15). The average molecular weight is 223 g/mol.